The molecule has 1 aliphatic carbocycles. The zero-order valence-corrected chi connectivity index (χ0v) is 13.0. The predicted molar refractivity (Wildman–Crippen MR) is 81.0 cm³/mol. The van der Waals surface area contributed by atoms with E-state index in [-0.39, 0.29) is 6.10 Å². The molecular weight excluding hydrogens is 268 g/mol. The molecule has 1 aromatic rings. The molecule has 0 radical (unpaired) electrons. The lowest BCUT2D eigenvalue weighted by Crippen LogP contribution is -2.26. The standard InChI is InChI=1S/C17H24O4/c1-17(2,16(18)19)11-12-8-9-14(15(10-12)20-3)21-13-6-4-5-7-13/h8-10,13H,4-7,11H2,1-3H3,(H,18,19). The second kappa shape index (κ2) is 6.37. The maximum Gasteiger partial charge on any atom is 0.309 e. The van der Waals surface area contributed by atoms with Crippen molar-refractivity contribution in [2.45, 2.75) is 52.1 Å². The third-order valence-electron chi connectivity index (χ3n) is 4.05. The van der Waals surface area contributed by atoms with Crippen LogP contribution in [0.3, 0.4) is 0 Å². The van der Waals surface area contributed by atoms with Gasteiger partial charge in [-0.1, -0.05) is 6.07 Å². The molecule has 1 aliphatic rings. The maximum atomic E-state index is 11.2. The van der Waals surface area contributed by atoms with Crippen LogP contribution in [0.4, 0.5) is 0 Å². The van der Waals surface area contributed by atoms with Gasteiger partial charge in [0, 0.05) is 0 Å². The first kappa shape index (κ1) is 15.7. The van der Waals surface area contributed by atoms with E-state index in [4.69, 9.17) is 9.47 Å². The summed E-state index contributed by atoms with van der Waals surface area (Å²) in [4.78, 5) is 11.2. The second-order valence-electron chi connectivity index (χ2n) is 6.38. The van der Waals surface area contributed by atoms with Gasteiger partial charge in [-0.3, -0.25) is 4.79 Å². The normalized spacial score (nSPS) is 16.0. The summed E-state index contributed by atoms with van der Waals surface area (Å²) in [7, 11) is 1.61. The third kappa shape index (κ3) is 3.90. The minimum Gasteiger partial charge on any atom is -0.493 e. The molecule has 0 saturated heterocycles. The first-order chi connectivity index (χ1) is 9.92. The van der Waals surface area contributed by atoms with Crippen LogP contribution >= 0.6 is 0 Å². The van der Waals surface area contributed by atoms with Crippen LogP contribution in [-0.4, -0.2) is 24.3 Å². The van der Waals surface area contributed by atoms with Gasteiger partial charge in [-0.05, 0) is 63.6 Å². The van der Waals surface area contributed by atoms with Crippen LogP contribution in [-0.2, 0) is 11.2 Å². The van der Waals surface area contributed by atoms with Gasteiger partial charge in [0.25, 0.3) is 0 Å². The zero-order valence-electron chi connectivity index (χ0n) is 13.0. The number of carboxylic acid groups (broad SMARTS) is 1. The van der Waals surface area contributed by atoms with Crippen LogP contribution in [0.2, 0.25) is 0 Å². The molecule has 4 nitrogen and oxygen atoms in total. The van der Waals surface area contributed by atoms with Gasteiger partial charge >= 0.3 is 5.97 Å². The second-order valence-corrected chi connectivity index (χ2v) is 6.38. The quantitative estimate of drug-likeness (QED) is 0.869. The molecule has 0 atom stereocenters. The van der Waals surface area contributed by atoms with E-state index in [2.05, 4.69) is 0 Å². The van der Waals surface area contributed by atoms with Crippen molar-refractivity contribution < 1.29 is 19.4 Å². The molecule has 0 heterocycles. The van der Waals surface area contributed by atoms with Gasteiger partial charge < -0.3 is 14.6 Å². The minimum atomic E-state index is -0.798. The van der Waals surface area contributed by atoms with Crippen molar-refractivity contribution in [1.29, 1.82) is 0 Å². The smallest absolute Gasteiger partial charge is 0.309 e. The monoisotopic (exact) mass is 292 g/mol. The number of ether oxygens (including phenoxy) is 2. The minimum absolute atomic E-state index is 0.278. The highest BCUT2D eigenvalue weighted by Crippen LogP contribution is 2.34. The van der Waals surface area contributed by atoms with Gasteiger partial charge in [-0.2, -0.15) is 0 Å². The number of hydrogen-bond acceptors (Lipinski definition) is 3. The Morgan fingerprint density at radius 3 is 2.52 bits per heavy atom. The largest absolute Gasteiger partial charge is 0.493 e. The highest BCUT2D eigenvalue weighted by Gasteiger charge is 2.28. The van der Waals surface area contributed by atoms with Crippen molar-refractivity contribution in [1.82, 2.24) is 0 Å². The van der Waals surface area contributed by atoms with Crippen molar-refractivity contribution in [3.63, 3.8) is 0 Å². The summed E-state index contributed by atoms with van der Waals surface area (Å²) in [6.07, 6.45) is 5.37. The molecule has 0 aromatic heterocycles. The molecule has 1 aromatic carbocycles. The fourth-order valence-electron chi connectivity index (χ4n) is 2.69. The Morgan fingerprint density at radius 2 is 1.95 bits per heavy atom. The first-order valence-corrected chi connectivity index (χ1v) is 7.49. The van der Waals surface area contributed by atoms with Crippen LogP contribution in [0, 0.1) is 5.41 Å². The van der Waals surface area contributed by atoms with Gasteiger partial charge in [-0.15, -0.1) is 0 Å². The maximum absolute atomic E-state index is 11.2. The lowest BCUT2D eigenvalue weighted by molar-refractivity contribution is -0.146. The van der Waals surface area contributed by atoms with E-state index in [9.17, 15) is 9.90 Å². The zero-order chi connectivity index (χ0) is 15.5. The Hall–Kier alpha value is -1.71. The summed E-state index contributed by atoms with van der Waals surface area (Å²) >= 11 is 0. The van der Waals surface area contributed by atoms with Gasteiger partial charge in [-0.25, -0.2) is 0 Å². The lowest BCUT2D eigenvalue weighted by Gasteiger charge is -2.21. The molecule has 4 heteroatoms. The van der Waals surface area contributed by atoms with Crippen molar-refractivity contribution >= 4 is 5.97 Å². The molecule has 0 amide bonds. The van der Waals surface area contributed by atoms with Crippen molar-refractivity contribution in [3.8, 4) is 11.5 Å². The number of rotatable bonds is 6. The molecule has 0 bridgehead atoms. The van der Waals surface area contributed by atoms with E-state index in [1.807, 2.05) is 18.2 Å². The number of hydrogen-bond donors (Lipinski definition) is 1. The first-order valence-electron chi connectivity index (χ1n) is 7.49. The van der Waals surface area contributed by atoms with Crippen molar-refractivity contribution in [2.24, 2.45) is 5.41 Å². The molecule has 1 N–H and O–H groups in total. The molecular formula is C17H24O4. The van der Waals surface area contributed by atoms with E-state index in [1.54, 1.807) is 21.0 Å². The van der Waals surface area contributed by atoms with Gasteiger partial charge in [0.2, 0.25) is 0 Å². The Kier molecular flexibility index (Phi) is 4.76. The Morgan fingerprint density at radius 1 is 1.29 bits per heavy atom. The SMILES string of the molecule is COc1cc(CC(C)(C)C(=O)O)ccc1OC1CCCC1. The van der Waals surface area contributed by atoms with E-state index in [0.29, 0.717) is 12.2 Å². The Balaban J connectivity index is 2.13. The van der Waals surface area contributed by atoms with E-state index >= 15 is 0 Å². The van der Waals surface area contributed by atoms with Crippen LogP contribution in [0.5, 0.6) is 11.5 Å². The van der Waals surface area contributed by atoms with E-state index in [0.717, 1.165) is 24.2 Å². The van der Waals surface area contributed by atoms with Crippen LogP contribution in [0.15, 0.2) is 18.2 Å². The Labute approximate surface area is 126 Å². The average Bonchev–Trinajstić information content (AvgIpc) is 2.93. The number of benzene rings is 1. The van der Waals surface area contributed by atoms with Crippen LogP contribution in [0.1, 0.15) is 45.1 Å². The number of carboxylic acids is 1. The highest BCUT2D eigenvalue weighted by molar-refractivity contribution is 5.74. The van der Waals surface area contributed by atoms with E-state index < -0.39 is 11.4 Å². The molecule has 1 saturated carbocycles. The van der Waals surface area contributed by atoms with Crippen molar-refractivity contribution in [3.05, 3.63) is 23.8 Å². The predicted octanol–water partition coefficient (Wildman–Crippen LogP) is 3.67. The summed E-state index contributed by atoms with van der Waals surface area (Å²) in [5, 5.41) is 9.22. The molecule has 21 heavy (non-hydrogen) atoms. The summed E-state index contributed by atoms with van der Waals surface area (Å²) in [5.74, 6) is 0.634. The van der Waals surface area contributed by atoms with Gasteiger partial charge in [0.05, 0.1) is 18.6 Å². The Bertz CT molecular complexity index is 502. The topological polar surface area (TPSA) is 55.8 Å². The van der Waals surface area contributed by atoms with E-state index in [1.165, 1.54) is 12.8 Å². The fourth-order valence-corrected chi connectivity index (χ4v) is 2.69. The summed E-state index contributed by atoms with van der Waals surface area (Å²) < 4.78 is 11.4. The third-order valence-corrected chi connectivity index (χ3v) is 4.05. The molecule has 0 unspecified atom stereocenters. The van der Waals surface area contributed by atoms with Crippen LogP contribution < -0.4 is 9.47 Å². The highest BCUT2D eigenvalue weighted by atomic mass is 16.5. The number of aliphatic carboxylic acids is 1. The summed E-state index contributed by atoms with van der Waals surface area (Å²) in [6, 6.07) is 5.71. The molecule has 1 fully saturated rings. The number of carbonyl (C=O) groups is 1. The fraction of sp³-hybridized carbons (Fsp3) is 0.588. The summed E-state index contributed by atoms with van der Waals surface area (Å²) in [6.45, 7) is 3.45. The molecule has 116 valence electrons. The average molecular weight is 292 g/mol. The van der Waals surface area contributed by atoms with Gasteiger partial charge in [0.1, 0.15) is 0 Å². The van der Waals surface area contributed by atoms with Gasteiger partial charge in [0.15, 0.2) is 11.5 Å². The molecule has 0 aliphatic heterocycles. The molecule has 0 spiro atoms. The number of methoxy groups -OCH3 is 1. The van der Waals surface area contributed by atoms with Crippen LogP contribution in [0.25, 0.3) is 0 Å². The van der Waals surface area contributed by atoms with Crippen molar-refractivity contribution in [2.75, 3.05) is 7.11 Å². The molecule has 2 rings (SSSR count). The summed E-state index contributed by atoms with van der Waals surface area (Å²) in [5.41, 5.74) is 0.150. The lowest BCUT2D eigenvalue weighted by atomic mass is 9.86.